The predicted molar refractivity (Wildman–Crippen MR) is 71.6 cm³/mol. The van der Waals surface area contributed by atoms with Gasteiger partial charge in [0.2, 0.25) is 0 Å². The zero-order valence-corrected chi connectivity index (χ0v) is 11.0. The van der Waals surface area contributed by atoms with Crippen LogP contribution in [0.1, 0.15) is 12.6 Å². The van der Waals surface area contributed by atoms with Crippen LogP contribution < -0.4 is 10.5 Å². The molecule has 0 radical (unpaired) electrons. The van der Waals surface area contributed by atoms with Gasteiger partial charge in [-0.1, -0.05) is 11.6 Å². The molecule has 2 N–H and O–H groups in total. The number of halogens is 1. The highest BCUT2D eigenvalue weighted by atomic mass is 35.5. The topological polar surface area (TPSA) is 48.1 Å². The molecule has 17 heavy (non-hydrogen) atoms. The number of thiazole rings is 1. The van der Waals surface area contributed by atoms with Crippen molar-refractivity contribution in [1.29, 1.82) is 0 Å². The second kappa shape index (κ2) is 5.49. The largest absolute Gasteiger partial charge is 0.492 e. The molecule has 0 unspecified atom stereocenters. The molecule has 0 aliphatic heterocycles. The number of hydrogen-bond acceptors (Lipinski definition) is 4. The summed E-state index contributed by atoms with van der Waals surface area (Å²) in [6.45, 7) is 2.99. The summed E-state index contributed by atoms with van der Waals surface area (Å²) in [6.07, 6.45) is 0. The number of nitrogens with zero attached hydrogens (tertiary/aromatic N) is 1. The maximum atomic E-state index is 6.13. The highest BCUT2D eigenvalue weighted by Crippen LogP contribution is 2.31. The van der Waals surface area contributed by atoms with E-state index in [1.807, 2.05) is 30.5 Å². The quantitative estimate of drug-likeness (QED) is 0.925. The fourth-order valence-corrected chi connectivity index (χ4v) is 2.50. The standard InChI is InChI=1S/C12H13ClN2OS/c1-2-16-11-4-3-8(5-10(11)13)12-15-9(6-14)7-17-12/h3-5,7H,2,6,14H2,1H3. The first-order valence-corrected chi connectivity index (χ1v) is 6.57. The Kier molecular flexibility index (Phi) is 3.99. The summed E-state index contributed by atoms with van der Waals surface area (Å²) in [5.41, 5.74) is 7.42. The molecular weight excluding hydrogens is 256 g/mol. The van der Waals surface area contributed by atoms with Crippen LogP contribution in [0.15, 0.2) is 23.6 Å². The first-order chi connectivity index (χ1) is 8.24. The highest BCUT2D eigenvalue weighted by molar-refractivity contribution is 7.13. The zero-order chi connectivity index (χ0) is 12.3. The van der Waals surface area contributed by atoms with Gasteiger partial charge in [0.15, 0.2) is 0 Å². The highest BCUT2D eigenvalue weighted by Gasteiger charge is 2.07. The molecule has 0 aliphatic carbocycles. The van der Waals surface area contributed by atoms with Crippen molar-refractivity contribution in [3.63, 3.8) is 0 Å². The molecule has 2 rings (SSSR count). The lowest BCUT2D eigenvalue weighted by molar-refractivity contribution is 0.340. The van der Waals surface area contributed by atoms with Gasteiger partial charge in [0, 0.05) is 17.5 Å². The zero-order valence-electron chi connectivity index (χ0n) is 9.44. The van der Waals surface area contributed by atoms with E-state index in [0.717, 1.165) is 16.3 Å². The summed E-state index contributed by atoms with van der Waals surface area (Å²) in [5.74, 6) is 0.702. The van der Waals surface area contributed by atoms with Crippen molar-refractivity contribution in [2.45, 2.75) is 13.5 Å². The molecule has 0 atom stereocenters. The summed E-state index contributed by atoms with van der Waals surface area (Å²) < 4.78 is 5.38. The van der Waals surface area contributed by atoms with Crippen LogP contribution in [-0.4, -0.2) is 11.6 Å². The van der Waals surface area contributed by atoms with Crippen molar-refractivity contribution in [2.24, 2.45) is 5.73 Å². The molecule has 1 heterocycles. The van der Waals surface area contributed by atoms with E-state index in [-0.39, 0.29) is 0 Å². The van der Waals surface area contributed by atoms with Crippen LogP contribution >= 0.6 is 22.9 Å². The van der Waals surface area contributed by atoms with Gasteiger partial charge in [0.05, 0.1) is 17.3 Å². The molecule has 5 heteroatoms. The van der Waals surface area contributed by atoms with Crippen molar-refractivity contribution in [1.82, 2.24) is 4.98 Å². The van der Waals surface area contributed by atoms with E-state index in [4.69, 9.17) is 22.1 Å². The molecule has 0 aliphatic rings. The summed E-state index contributed by atoms with van der Waals surface area (Å²) in [6, 6.07) is 5.69. The molecule has 0 bridgehead atoms. The van der Waals surface area contributed by atoms with Gasteiger partial charge in [0.25, 0.3) is 0 Å². The molecular formula is C12H13ClN2OS. The van der Waals surface area contributed by atoms with Gasteiger partial charge < -0.3 is 10.5 Å². The molecule has 0 amide bonds. The van der Waals surface area contributed by atoms with Crippen LogP contribution in [0, 0.1) is 0 Å². The Hall–Kier alpha value is -1.10. The number of ether oxygens (including phenoxy) is 1. The molecule has 0 spiro atoms. The van der Waals surface area contributed by atoms with Gasteiger partial charge >= 0.3 is 0 Å². The molecule has 1 aromatic heterocycles. The number of benzene rings is 1. The van der Waals surface area contributed by atoms with E-state index in [1.54, 1.807) is 11.3 Å². The smallest absolute Gasteiger partial charge is 0.137 e. The third-order valence-corrected chi connectivity index (χ3v) is 3.48. The SMILES string of the molecule is CCOc1ccc(-c2nc(CN)cs2)cc1Cl. The first kappa shape index (κ1) is 12.4. The first-order valence-electron chi connectivity index (χ1n) is 5.31. The van der Waals surface area contributed by atoms with E-state index < -0.39 is 0 Å². The fourth-order valence-electron chi connectivity index (χ4n) is 1.44. The maximum absolute atomic E-state index is 6.13. The average Bonchev–Trinajstić information content (AvgIpc) is 2.80. The summed E-state index contributed by atoms with van der Waals surface area (Å²) >= 11 is 7.69. The molecule has 2 aromatic rings. The van der Waals surface area contributed by atoms with Gasteiger partial charge in [0.1, 0.15) is 10.8 Å². The van der Waals surface area contributed by atoms with Gasteiger partial charge in [-0.2, -0.15) is 0 Å². The molecule has 3 nitrogen and oxygen atoms in total. The van der Waals surface area contributed by atoms with Gasteiger partial charge in [-0.25, -0.2) is 4.98 Å². The minimum absolute atomic E-state index is 0.460. The van der Waals surface area contributed by atoms with Crippen LogP contribution in [0.2, 0.25) is 5.02 Å². The Labute approximate surface area is 109 Å². The Morgan fingerprint density at radius 3 is 2.88 bits per heavy atom. The lowest BCUT2D eigenvalue weighted by atomic mass is 10.2. The van der Waals surface area contributed by atoms with Crippen molar-refractivity contribution in [3.8, 4) is 16.3 Å². The second-order valence-corrected chi connectivity index (χ2v) is 4.69. The van der Waals surface area contributed by atoms with Crippen molar-refractivity contribution in [3.05, 3.63) is 34.3 Å². The average molecular weight is 269 g/mol. The van der Waals surface area contributed by atoms with Crippen LogP contribution in [0.3, 0.4) is 0 Å². The molecule has 0 saturated carbocycles. The minimum Gasteiger partial charge on any atom is -0.492 e. The third kappa shape index (κ3) is 2.77. The fraction of sp³-hybridized carbons (Fsp3) is 0.250. The van der Waals surface area contributed by atoms with Gasteiger partial charge in [-0.05, 0) is 25.1 Å². The Bertz CT molecular complexity index is 513. The van der Waals surface area contributed by atoms with Gasteiger partial charge in [-0.3, -0.25) is 0 Å². The number of hydrogen-bond donors (Lipinski definition) is 1. The Morgan fingerprint density at radius 1 is 1.47 bits per heavy atom. The van der Waals surface area contributed by atoms with Gasteiger partial charge in [-0.15, -0.1) is 11.3 Å². The van der Waals surface area contributed by atoms with Crippen LogP contribution in [0.5, 0.6) is 5.75 Å². The second-order valence-electron chi connectivity index (χ2n) is 3.43. The molecule has 1 aromatic carbocycles. The maximum Gasteiger partial charge on any atom is 0.137 e. The van der Waals surface area contributed by atoms with Crippen LogP contribution in [0.25, 0.3) is 10.6 Å². The van der Waals surface area contributed by atoms with Crippen molar-refractivity contribution >= 4 is 22.9 Å². The van der Waals surface area contributed by atoms with E-state index in [0.29, 0.717) is 23.9 Å². The van der Waals surface area contributed by atoms with Crippen LogP contribution in [0.4, 0.5) is 0 Å². The van der Waals surface area contributed by atoms with E-state index >= 15 is 0 Å². The number of rotatable bonds is 4. The third-order valence-electron chi connectivity index (χ3n) is 2.24. The van der Waals surface area contributed by atoms with Crippen LogP contribution in [-0.2, 0) is 6.54 Å². The van der Waals surface area contributed by atoms with E-state index in [2.05, 4.69) is 4.98 Å². The predicted octanol–water partition coefficient (Wildman–Crippen LogP) is 3.32. The summed E-state index contributed by atoms with van der Waals surface area (Å²) in [7, 11) is 0. The number of aromatic nitrogens is 1. The molecule has 0 saturated heterocycles. The minimum atomic E-state index is 0.460. The van der Waals surface area contributed by atoms with E-state index in [1.165, 1.54) is 0 Å². The molecule has 0 fully saturated rings. The lowest BCUT2D eigenvalue weighted by Gasteiger charge is -2.06. The molecule has 90 valence electrons. The summed E-state index contributed by atoms with van der Waals surface area (Å²) in [5, 5.41) is 3.49. The number of nitrogens with two attached hydrogens (primary N) is 1. The monoisotopic (exact) mass is 268 g/mol. The normalized spacial score (nSPS) is 10.5. The summed E-state index contributed by atoms with van der Waals surface area (Å²) in [4.78, 5) is 4.41. The van der Waals surface area contributed by atoms with Crippen molar-refractivity contribution in [2.75, 3.05) is 6.61 Å². The Morgan fingerprint density at radius 2 is 2.29 bits per heavy atom. The lowest BCUT2D eigenvalue weighted by Crippen LogP contribution is -1.95. The van der Waals surface area contributed by atoms with Crippen molar-refractivity contribution < 1.29 is 4.74 Å². The van der Waals surface area contributed by atoms with E-state index in [9.17, 15) is 0 Å². The Balaban J connectivity index is 2.30.